The van der Waals surface area contributed by atoms with Crippen molar-refractivity contribution in [3.63, 3.8) is 0 Å². The van der Waals surface area contributed by atoms with Crippen molar-refractivity contribution < 1.29 is 28.8 Å². The Morgan fingerprint density at radius 2 is 1.97 bits per heavy atom. The largest absolute Gasteiger partial charge is 0.479 e. The smallest absolute Gasteiger partial charge is 0.332 e. The summed E-state index contributed by atoms with van der Waals surface area (Å²) in [6.45, 7) is 2.06. The first kappa shape index (κ1) is 21.7. The molecule has 1 saturated carbocycles. The average molecular weight is 440 g/mol. The zero-order valence-electron chi connectivity index (χ0n) is 17.6. The van der Waals surface area contributed by atoms with Gasteiger partial charge in [0.05, 0.1) is 6.10 Å². The maximum absolute atomic E-state index is 12.8. The number of rotatable bonds is 8. The number of aromatic nitrogens is 3. The number of ether oxygens (including phenoxy) is 2. The van der Waals surface area contributed by atoms with Crippen LogP contribution in [0.25, 0.3) is 11.0 Å². The monoisotopic (exact) mass is 440 g/mol. The van der Waals surface area contributed by atoms with Crippen molar-refractivity contribution in [2.24, 2.45) is 5.92 Å². The number of benzene rings is 1. The van der Waals surface area contributed by atoms with Crippen LogP contribution in [0, 0.1) is 5.92 Å². The summed E-state index contributed by atoms with van der Waals surface area (Å²) in [6, 6.07) is 8.41. The minimum absolute atomic E-state index is 0.0522. The number of carboxylic acid groups (broad SMARTS) is 1. The summed E-state index contributed by atoms with van der Waals surface area (Å²) in [5.74, 6) is -0.251. The third-order valence-electron chi connectivity index (χ3n) is 5.54. The van der Waals surface area contributed by atoms with Gasteiger partial charge in [-0.3, -0.25) is 4.79 Å². The van der Waals surface area contributed by atoms with E-state index in [1.807, 2.05) is 0 Å². The fourth-order valence-corrected chi connectivity index (χ4v) is 3.73. The molecule has 10 heteroatoms. The normalized spacial score (nSPS) is 19.4. The first-order chi connectivity index (χ1) is 15.5. The molecule has 4 rings (SSSR count). The molecule has 32 heavy (non-hydrogen) atoms. The average Bonchev–Trinajstić information content (AvgIpc) is 3.26. The SMILES string of the molecule is C[C@@H](OC1CCC(CNC(=O)c2cccnc2Oc2ccc3nonc3c2)CC1)C(=O)O. The number of amides is 1. The lowest BCUT2D eigenvalue weighted by Gasteiger charge is -2.29. The summed E-state index contributed by atoms with van der Waals surface area (Å²) in [5, 5.41) is 19.5. The highest BCUT2D eigenvalue weighted by Crippen LogP contribution is 2.28. The summed E-state index contributed by atoms with van der Waals surface area (Å²) in [4.78, 5) is 27.9. The van der Waals surface area contributed by atoms with Crippen molar-refractivity contribution in [2.75, 3.05) is 6.54 Å². The molecule has 0 saturated heterocycles. The molecule has 0 bridgehead atoms. The van der Waals surface area contributed by atoms with Crippen LogP contribution in [-0.4, -0.2) is 51.0 Å². The summed E-state index contributed by atoms with van der Waals surface area (Å²) >= 11 is 0. The molecule has 1 aromatic carbocycles. The van der Waals surface area contributed by atoms with Crippen LogP contribution in [0.4, 0.5) is 0 Å². The molecular formula is C22H24N4O6. The lowest BCUT2D eigenvalue weighted by molar-refractivity contribution is -0.154. The van der Waals surface area contributed by atoms with Crippen LogP contribution in [0.2, 0.25) is 0 Å². The number of fused-ring (bicyclic) bond motifs is 1. The molecule has 10 nitrogen and oxygen atoms in total. The summed E-state index contributed by atoms with van der Waals surface area (Å²) in [7, 11) is 0. The molecule has 2 heterocycles. The van der Waals surface area contributed by atoms with Crippen LogP contribution in [-0.2, 0) is 9.53 Å². The molecule has 0 unspecified atom stereocenters. The van der Waals surface area contributed by atoms with E-state index in [0.717, 1.165) is 25.7 Å². The molecule has 2 N–H and O–H groups in total. The molecule has 0 aliphatic heterocycles. The fraction of sp³-hybridized carbons (Fsp3) is 0.409. The summed E-state index contributed by atoms with van der Waals surface area (Å²) in [6.07, 6.45) is 3.98. The van der Waals surface area contributed by atoms with Gasteiger partial charge in [-0.1, -0.05) is 0 Å². The first-order valence-corrected chi connectivity index (χ1v) is 10.5. The van der Waals surface area contributed by atoms with Crippen LogP contribution < -0.4 is 10.1 Å². The second kappa shape index (κ2) is 9.73. The third kappa shape index (κ3) is 5.20. The molecule has 3 aromatic rings. The highest BCUT2D eigenvalue weighted by Gasteiger charge is 2.26. The quantitative estimate of drug-likeness (QED) is 0.541. The Morgan fingerprint density at radius 3 is 2.75 bits per heavy atom. The predicted molar refractivity (Wildman–Crippen MR) is 112 cm³/mol. The van der Waals surface area contributed by atoms with Crippen LogP contribution in [0.3, 0.4) is 0 Å². The number of nitrogens with zero attached hydrogens (tertiary/aromatic N) is 3. The predicted octanol–water partition coefficient (Wildman–Crippen LogP) is 3.19. The first-order valence-electron chi connectivity index (χ1n) is 10.5. The molecular weight excluding hydrogens is 416 g/mol. The van der Waals surface area contributed by atoms with Gasteiger partial charge in [0, 0.05) is 18.8 Å². The van der Waals surface area contributed by atoms with E-state index in [1.165, 1.54) is 0 Å². The second-order valence-electron chi connectivity index (χ2n) is 7.84. The van der Waals surface area contributed by atoms with Gasteiger partial charge in [-0.15, -0.1) is 0 Å². The maximum Gasteiger partial charge on any atom is 0.332 e. The Hall–Kier alpha value is -3.53. The Labute approximate surface area is 183 Å². The van der Waals surface area contributed by atoms with E-state index < -0.39 is 12.1 Å². The topological polar surface area (TPSA) is 137 Å². The molecule has 1 fully saturated rings. The Balaban J connectivity index is 1.32. The van der Waals surface area contributed by atoms with E-state index in [4.69, 9.17) is 14.6 Å². The number of carbonyl (C=O) groups excluding carboxylic acids is 1. The van der Waals surface area contributed by atoms with Crippen molar-refractivity contribution in [1.29, 1.82) is 0 Å². The summed E-state index contributed by atoms with van der Waals surface area (Å²) < 4.78 is 16.1. The molecule has 0 radical (unpaired) electrons. The number of hydrogen-bond acceptors (Lipinski definition) is 8. The maximum atomic E-state index is 12.8. The van der Waals surface area contributed by atoms with Crippen LogP contribution >= 0.6 is 0 Å². The minimum atomic E-state index is -0.952. The van der Waals surface area contributed by atoms with E-state index >= 15 is 0 Å². The lowest BCUT2D eigenvalue weighted by Crippen LogP contribution is -2.34. The van der Waals surface area contributed by atoms with Gasteiger partial charge in [0.25, 0.3) is 5.91 Å². The molecule has 1 aliphatic rings. The van der Waals surface area contributed by atoms with Crippen LogP contribution in [0.5, 0.6) is 11.6 Å². The molecule has 1 aliphatic carbocycles. The fourth-order valence-electron chi connectivity index (χ4n) is 3.73. The van der Waals surface area contributed by atoms with Crippen LogP contribution in [0.15, 0.2) is 41.2 Å². The van der Waals surface area contributed by atoms with Gasteiger partial charge < -0.3 is 19.9 Å². The number of carbonyl (C=O) groups is 2. The number of aliphatic carboxylic acids is 1. The van der Waals surface area contributed by atoms with E-state index in [0.29, 0.717) is 34.8 Å². The molecule has 2 aromatic heterocycles. The van der Waals surface area contributed by atoms with Gasteiger partial charge >= 0.3 is 5.97 Å². The van der Waals surface area contributed by atoms with Gasteiger partial charge in [-0.05, 0) is 73.1 Å². The van der Waals surface area contributed by atoms with Crippen molar-refractivity contribution in [3.8, 4) is 11.6 Å². The minimum Gasteiger partial charge on any atom is -0.479 e. The zero-order valence-corrected chi connectivity index (χ0v) is 17.6. The van der Waals surface area contributed by atoms with Gasteiger partial charge in [0.2, 0.25) is 5.88 Å². The Morgan fingerprint density at radius 1 is 1.19 bits per heavy atom. The lowest BCUT2D eigenvalue weighted by atomic mass is 9.87. The van der Waals surface area contributed by atoms with Crippen molar-refractivity contribution in [2.45, 2.75) is 44.8 Å². The standard InChI is InChI=1S/C22H24N4O6/c1-13(22(28)29)30-15-6-4-14(5-7-15)12-24-20(27)17-3-2-10-23-21(17)31-16-8-9-18-19(11-16)26-32-25-18/h2-3,8-11,13-15H,4-7,12H2,1H3,(H,24,27)(H,28,29)/t13-,14?,15?/m1/s1. The Bertz CT molecular complexity index is 1090. The van der Waals surface area contributed by atoms with Gasteiger partial charge in [0.1, 0.15) is 22.3 Å². The summed E-state index contributed by atoms with van der Waals surface area (Å²) in [5.41, 5.74) is 1.48. The number of nitrogens with one attached hydrogen (secondary N) is 1. The van der Waals surface area contributed by atoms with E-state index in [2.05, 4.69) is 25.2 Å². The van der Waals surface area contributed by atoms with Crippen molar-refractivity contribution in [1.82, 2.24) is 20.6 Å². The van der Waals surface area contributed by atoms with Gasteiger partial charge in [0.15, 0.2) is 6.10 Å². The van der Waals surface area contributed by atoms with E-state index in [1.54, 1.807) is 43.5 Å². The zero-order chi connectivity index (χ0) is 22.5. The van der Waals surface area contributed by atoms with E-state index in [9.17, 15) is 9.59 Å². The van der Waals surface area contributed by atoms with Gasteiger partial charge in [-0.25, -0.2) is 14.4 Å². The number of carboxylic acids is 1. The molecule has 0 spiro atoms. The molecule has 1 atom stereocenters. The van der Waals surface area contributed by atoms with Crippen LogP contribution in [0.1, 0.15) is 43.0 Å². The Kier molecular flexibility index (Phi) is 6.60. The van der Waals surface area contributed by atoms with Gasteiger partial charge in [-0.2, -0.15) is 0 Å². The van der Waals surface area contributed by atoms with Crippen molar-refractivity contribution in [3.05, 3.63) is 42.1 Å². The molecule has 1 amide bonds. The highest BCUT2D eigenvalue weighted by molar-refractivity contribution is 5.96. The van der Waals surface area contributed by atoms with Crippen molar-refractivity contribution >= 4 is 22.9 Å². The third-order valence-corrected chi connectivity index (χ3v) is 5.54. The number of hydrogen-bond donors (Lipinski definition) is 2. The second-order valence-corrected chi connectivity index (χ2v) is 7.84. The highest BCUT2D eigenvalue weighted by atomic mass is 16.6. The molecule has 168 valence electrons. The number of pyridine rings is 1. The van der Waals surface area contributed by atoms with E-state index in [-0.39, 0.29) is 17.9 Å².